The van der Waals surface area contributed by atoms with Crippen LogP contribution in [0, 0.1) is 0 Å². The van der Waals surface area contributed by atoms with Crippen molar-refractivity contribution in [3.8, 4) is 0 Å². The average Bonchev–Trinajstić information content (AvgIpc) is 2.50. The first-order valence-electron chi connectivity index (χ1n) is 6.82. The Hall–Kier alpha value is -2.51. The predicted molar refractivity (Wildman–Crippen MR) is 74.9 cm³/mol. The van der Waals surface area contributed by atoms with Crippen LogP contribution in [0.4, 0.5) is 0 Å². The lowest BCUT2D eigenvalue weighted by atomic mass is 9.90. The van der Waals surface area contributed by atoms with Gasteiger partial charge >= 0.3 is 5.97 Å². The van der Waals surface area contributed by atoms with Gasteiger partial charge in [0.25, 0.3) is 11.6 Å². The third-order valence-corrected chi connectivity index (χ3v) is 2.81. The van der Waals surface area contributed by atoms with Crippen LogP contribution < -0.4 is 0 Å². The van der Waals surface area contributed by atoms with Gasteiger partial charge in [-0.25, -0.2) is 4.79 Å². The number of allylic oxidation sites excluding steroid dienone is 1. The molecule has 1 N–H and O–H groups in total. The number of hydrogen-bond acceptors (Lipinski definition) is 8. The molecule has 0 saturated heterocycles. The van der Waals surface area contributed by atoms with E-state index in [4.69, 9.17) is 4.74 Å². The molecule has 1 rings (SSSR count). The van der Waals surface area contributed by atoms with Crippen LogP contribution in [-0.4, -0.2) is 41.9 Å². The van der Waals surface area contributed by atoms with Gasteiger partial charge < -0.3 is 14.6 Å². The highest BCUT2D eigenvalue weighted by Gasteiger charge is 2.32. The highest BCUT2D eigenvalue weighted by Crippen LogP contribution is 2.20. The minimum Gasteiger partial charge on any atom is -0.498 e. The Morgan fingerprint density at radius 2 is 1.95 bits per heavy atom. The Bertz CT molecular complexity index is 550. The Balaban J connectivity index is 2.93. The van der Waals surface area contributed by atoms with Gasteiger partial charge in [0.2, 0.25) is 11.6 Å². The molecule has 1 fully saturated rings. The van der Waals surface area contributed by atoms with Gasteiger partial charge in [-0.2, -0.15) is 5.11 Å². The van der Waals surface area contributed by atoms with Crippen molar-refractivity contribution < 1.29 is 29.0 Å². The third kappa shape index (κ3) is 4.24. The zero-order valence-corrected chi connectivity index (χ0v) is 12.5. The van der Waals surface area contributed by atoms with Gasteiger partial charge in [-0.15, -0.1) is 5.11 Å². The van der Waals surface area contributed by atoms with Crippen molar-refractivity contribution in [2.75, 3.05) is 13.2 Å². The quantitative estimate of drug-likeness (QED) is 0.262. The fraction of sp³-hybridized carbons (Fsp3) is 0.500. The summed E-state index contributed by atoms with van der Waals surface area (Å²) in [5.41, 5.74) is 0.242. The van der Waals surface area contributed by atoms with Gasteiger partial charge in [-0.3, -0.25) is 9.59 Å². The van der Waals surface area contributed by atoms with E-state index >= 15 is 0 Å². The van der Waals surface area contributed by atoms with Crippen molar-refractivity contribution in [2.45, 2.75) is 32.7 Å². The molecule has 0 aromatic rings. The SMILES string of the molecule is C=C1CCC(N=NC(OCC)=C(O)C(=O)OCC)C(=O)C1=O. The van der Waals surface area contributed by atoms with Crippen molar-refractivity contribution in [3.05, 3.63) is 23.8 Å². The minimum absolute atomic E-state index is 0.0666. The molecule has 1 unspecified atom stereocenters. The van der Waals surface area contributed by atoms with E-state index in [0.717, 1.165) is 0 Å². The summed E-state index contributed by atoms with van der Waals surface area (Å²) in [5.74, 6) is -3.69. The highest BCUT2D eigenvalue weighted by molar-refractivity contribution is 6.45. The van der Waals surface area contributed by atoms with Crippen LogP contribution in [0.25, 0.3) is 0 Å². The first kappa shape index (κ1) is 17.5. The van der Waals surface area contributed by atoms with Crippen molar-refractivity contribution in [1.82, 2.24) is 0 Å². The number of carbonyl (C=O) groups excluding carboxylic acids is 3. The lowest BCUT2D eigenvalue weighted by Gasteiger charge is -2.16. The summed E-state index contributed by atoms with van der Waals surface area (Å²) in [6.45, 7) is 6.88. The summed E-state index contributed by atoms with van der Waals surface area (Å²) >= 11 is 0. The zero-order chi connectivity index (χ0) is 16.7. The molecule has 120 valence electrons. The van der Waals surface area contributed by atoms with Crippen LogP contribution in [0.1, 0.15) is 26.7 Å². The summed E-state index contributed by atoms with van der Waals surface area (Å²) in [4.78, 5) is 34.7. The maximum atomic E-state index is 11.7. The zero-order valence-electron chi connectivity index (χ0n) is 12.5. The second-order valence-corrected chi connectivity index (χ2v) is 4.37. The van der Waals surface area contributed by atoms with Gasteiger partial charge in [0.1, 0.15) is 6.04 Å². The molecule has 8 nitrogen and oxygen atoms in total. The summed E-state index contributed by atoms with van der Waals surface area (Å²) < 4.78 is 9.61. The molecule has 8 heteroatoms. The predicted octanol–water partition coefficient (Wildman–Crippen LogP) is 1.62. The lowest BCUT2D eigenvalue weighted by Crippen LogP contribution is -2.32. The Morgan fingerprint density at radius 1 is 1.32 bits per heavy atom. The van der Waals surface area contributed by atoms with E-state index in [2.05, 4.69) is 21.5 Å². The number of ketones is 2. The fourth-order valence-corrected chi connectivity index (χ4v) is 1.68. The third-order valence-electron chi connectivity index (χ3n) is 2.81. The maximum absolute atomic E-state index is 11.7. The molecule has 0 aromatic heterocycles. The highest BCUT2D eigenvalue weighted by atomic mass is 16.6. The van der Waals surface area contributed by atoms with Crippen molar-refractivity contribution >= 4 is 17.5 Å². The molecule has 22 heavy (non-hydrogen) atoms. The van der Waals surface area contributed by atoms with Gasteiger partial charge in [0.15, 0.2) is 0 Å². The van der Waals surface area contributed by atoms with Crippen LogP contribution in [-0.2, 0) is 23.9 Å². The Morgan fingerprint density at radius 3 is 2.55 bits per heavy atom. The van der Waals surface area contributed by atoms with Crippen LogP contribution >= 0.6 is 0 Å². The molecule has 0 aromatic carbocycles. The van der Waals surface area contributed by atoms with Crippen LogP contribution in [0.3, 0.4) is 0 Å². The van der Waals surface area contributed by atoms with E-state index in [1.807, 2.05) is 0 Å². The molecule has 1 aliphatic rings. The Labute approximate surface area is 127 Å². The first-order chi connectivity index (χ1) is 10.4. The number of Topliss-reactive ketones (excluding diaryl/α,β-unsaturated/α-hetero) is 2. The van der Waals surface area contributed by atoms with Crippen molar-refractivity contribution in [2.24, 2.45) is 10.2 Å². The minimum atomic E-state index is -1.01. The number of hydrogen-bond donors (Lipinski definition) is 1. The fourth-order valence-electron chi connectivity index (χ4n) is 1.68. The monoisotopic (exact) mass is 310 g/mol. The smallest absolute Gasteiger partial charge is 0.379 e. The summed E-state index contributed by atoms with van der Waals surface area (Å²) in [7, 11) is 0. The molecule has 0 bridgehead atoms. The first-order valence-corrected chi connectivity index (χ1v) is 6.82. The Kier molecular flexibility index (Phi) is 6.43. The standard InChI is InChI=1S/C14H18N2O6/c1-4-21-13(12(19)14(20)22-5-2)16-15-9-7-6-8(3)10(17)11(9)18/h9,19H,3-7H2,1-2H3. The topological polar surface area (TPSA) is 115 Å². The van der Waals surface area contributed by atoms with Gasteiger partial charge in [0, 0.05) is 0 Å². The lowest BCUT2D eigenvalue weighted by molar-refractivity contribution is -0.142. The van der Waals surface area contributed by atoms with E-state index in [0.29, 0.717) is 6.42 Å². The maximum Gasteiger partial charge on any atom is 0.379 e. The van der Waals surface area contributed by atoms with E-state index in [1.165, 1.54) is 0 Å². The van der Waals surface area contributed by atoms with E-state index in [1.54, 1.807) is 13.8 Å². The largest absolute Gasteiger partial charge is 0.498 e. The van der Waals surface area contributed by atoms with Crippen LogP contribution in [0.2, 0.25) is 0 Å². The normalized spacial score (nSPS) is 20.1. The number of aliphatic hydroxyl groups is 1. The summed E-state index contributed by atoms with van der Waals surface area (Å²) in [6.07, 6.45) is 0.623. The van der Waals surface area contributed by atoms with E-state index < -0.39 is 35.2 Å². The van der Waals surface area contributed by atoms with Crippen molar-refractivity contribution in [1.29, 1.82) is 0 Å². The molecule has 0 spiro atoms. The molecule has 1 atom stereocenters. The number of esters is 1. The molecular weight excluding hydrogens is 292 g/mol. The van der Waals surface area contributed by atoms with Crippen LogP contribution in [0.5, 0.6) is 0 Å². The molecule has 0 aliphatic heterocycles. The summed E-state index contributed by atoms with van der Waals surface area (Å²) in [5, 5.41) is 17.0. The number of rotatable bonds is 6. The second kappa shape index (κ2) is 8.06. The number of ether oxygens (including phenoxy) is 2. The number of azo groups is 1. The second-order valence-electron chi connectivity index (χ2n) is 4.37. The number of nitrogens with zero attached hydrogens (tertiary/aromatic N) is 2. The van der Waals surface area contributed by atoms with E-state index in [-0.39, 0.29) is 25.2 Å². The van der Waals surface area contributed by atoms with Gasteiger partial charge in [0.05, 0.1) is 13.2 Å². The van der Waals surface area contributed by atoms with Gasteiger partial charge in [-0.05, 0) is 32.3 Å². The number of aliphatic hydroxyl groups excluding tert-OH is 1. The molecule has 1 saturated carbocycles. The molecule has 0 heterocycles. The molecule has 1 aliphatic carbocycles. The van der Waals surface area contributed by atoms with Gasteiger partial charge in [-0.1, -0.05) is 6.58 Å². The molecular formula is C14H18N2O6. The average molecular weight is 310 g/mol. The molecule has 0 amide bonds. The summed E-state index contributed by atoms with van der Waals surface area (Å²) in [6, 6.07) is -0.969. The van der Waals surface area contributed by atoms with Crippen molar-refractivity contribution in [3.63, 3.8) is 0 Å². The van der Waals surface area contributed by atoms with Crippen LogP contribution in [0.15, 0.2) is 34.0 Å². The number of carbonyl (C=O) groups is 3. The van der Waals surface area contributed by atoms with E-state index in [9.17, 15) is 19.5 Å². The molecule has 0 radical (unpaired) electrons.